The number of carbonyl (C=O) groups excluding carboxylic acids is 3. The highest BCUT2D eigenvalue weighted by molar-refractivity contribution is 6.07. The zero-order valence-electron chi connectivity index (χ0n) is 13.5. The van der Waals surface area contributed by atoms with Gasteiger partial charge < -0.3 is 4.74 Å². The molecule has 0 N–H and O–H groups in total. The third-order valence-corrected chi connectivity index (χ3v) is 4.84. The van der Waals surface area contributed by atoms with E-state index in [2.05, 4.69) is 0 Å². The van der Waals surface area contributed by atoms with E-state index in [4.69, 9.17) is 4.74 Å². The first kappa shape index (κ1) is 15.7. The Morgan fingerprint density at radius 1 is 1.09 bits per heavy atom. The standard InChI is InChI=1S/C18H21NO4/c1-11-7-9-13(10-8-11)23-18(22)12(2)19-16(20)14-5-3-4-6-15(14)17(19)21/h7-10,12,14-15H,3-6H2,1-2H3. The Morgan fingerprint density at radius 3 is 2.13 bits per heavy atom. The van der Waals surface area contributed by atoms with E-state index in [1.54, 1.807) is 19.1 Å². The Balaban J connectivity index is 1.72. The molecule has 1 aromatic rings. The number of imide groups is 1. The number of aryl methyl sites for hydroxylation is 1. The van der Waals surface area contributed by atoms with Crippen LogP contribution in [0.2, 0.25) is 0 Å². The van der Waals surface area contributed by atoms with Crippen molar-refractivity contribution in [2.75, 3.05) is 0 Å². The van der Waals surface area contributed by atoms with Crippen molar-refractivity contribution in [1.82, 2.24) is 4.90 Å². The van der Waals surface area contributed by atoms with Crippen LogP contribution in [-0.2, 0) is 14.4 Å². The number of ether oxygens (including phenoxy) is 1. The molecule has 5 heteroatoms. The van der Waals surface area contributed by atoms with Crippen molar-refractivity contribution in [2.24, 2.45) is 11.8 Å². The lowest BCUT2D eigenvalue weighted by molar-refractivity contribution is -0.152. The van der Waals surface area contributed by atoms with Crippen LogP contribution in [-0.4, -0.2) is 28.7 Å². The molecule has 1 aliphatic heterocycles. The van der Waals surface area contributed by atoms with Gasteiger partial charge in [-0.2, -0.15) is 0 Å². The topological polar surface area (TPSA) is 63.7 Å². The van der Waals surface area contributed by atoms with Crippen molar-refractivity contribution in [2.45, 2.75) is 45.6 Å². The summed E-state index contributed by atoms with van der Waals surface area (Å²) in [6, 6.07) is 6.20. The summed E-state index contributed by atoms with van der Waals surface area (Å²) in [6.45, 7) is 3.50. The summed E-state index contributed by atoms with van der Waals surface area (Å²) in [4.78, 5) is 38.4. The number of nitrogens with zero attached hydrogens (tertiary/aromatic N) is 1. The number of carbonyl (C=O) groups is 3. The molecule has 2 aliphatic rings. The first-order valence-corrected chi connectivity index (χ1v) is 8.14. The zero-order chi connectivity index (χ0) is 16.6. The van der Waals surface area contributed by atoms with Gasteiger partial charge >= 0.3 is 5.97 Å². The van der Waals surface area contributed by atoms with Crippen molar-refractivity contribution >= 4 is 17.8 Å². The number of fused-ring (bicyclic) bond motifs is 1. The van der Waals surface area contributed by atoms with Crippen LogP contribution in [0.25, 0.3) is 0 Å². The van der Waals surface area contributed by atoms with Gasteiger partial charge in [-0.15, -0.1) is 0 Å². The molecule has 1 saturated carbocycles. The molecule has 5 nitrogen and oxygen atoms in total. The van der Waals surface area contributed by atoms with E-state index in [1.165, 1.54) is 0 Å². The lowest BCUT2D eigenvalue weighted by Crippen LogP contribution is -2.45. The second kappa shape index (κ2) is 6.14. The zero-order valence-corrected chi connectivity index (χ0v) is 13.5. The Kier molecular flexibility index (Phi) is 4.20. The van der Waals surface area contributed by atoms with E-state index in [-0.39, 0.29) is 23.7 Å². The van der Waals surface area contributed by atoms with Crippen LogP contribution >= 0.6 is 0 Å². The minimum absolute atomic E-state index is 0.215. The molecule has 23 heavy (non-hydrogen) atoms. The van der Waals surface area contributed by atoms with Gasteiger partial charge in [0.2, 0.25) is 11.8 Å². The molecule has 3 unspecified atom stereocenters. The van der Waals surface area contributed by atoms with Crippen molar-refractivity contribution in [3.8, 4) is 5.75 Å². The van der Waals surface area contributed by atoms with E-state index in [0.717, 1.165) is 36.1 Å². The molecule has 0 spiro atoms. The van der Waals surface area contributed by atoms with Crippen LogP contribution in [0.3, 0.4) is 0 Å². The molecule has 3 atom stereocenters. The molecule has 1 aromatic carbocycles. The van der Waals surface area contributed by atoms with Gasteiger partial charge in [0.15, 0.2) is 0 Å². The minimum atomic E-state index is -0.887. The van der Waals surface area contributed by atoms with Crippen LogP contribution in [0.15, 0.2) is 24.3 Å². The maximum absolute atomic E-state index is 12.5. The maximum atomic E-state index is 12.5. The number of likely N-dealkylation sites (tertiary alicyclic amines) is 1. The number of hydrogen-bond acceptors (Lipinski definition) is 4. The molecular formula is C18H21NO4. The third-order valence-electron chi connectivity index (χ3n) is 4.84. The Bertz CT molecular complexity index is 613. The van der Waals surface area contributed by atoms with Crippen LogP contribution in [0.5, 0.6) is 5.75 Å². The van der Waals surface area contributed by atoms with Gasteiger partial charge in [0, 0.05) is 0 Å². The van der Waals surface area contributed by atoms with Crippen molar-refractivity contribution < 1.29 is 19.1 Å². The number of rotatable bonds is 3. The van der Waals surface area contributed by atoms with Crippen LogP contribution < -0.4 is 4.74 Å². The average Bonchev–Trinajstić information content (AvgIpc) is 2.81. The fraction of sp³-hybridized carbons (Fsp3) is 0.500. The minimum Gasteiger partial charge on any atom is -0.425 e. The number of amides is 2. The van der Waals surface area contributed by atoms with Gasteiger partial charge in [0.25, 0.3) is 0 Å². The summed E-state index contributed by atoms with van der Waals surface area (Å²) in [7, 11) is 0. The molecule has 1 heterocycles. The Hall–Kier alpha value is -2.17. The summed E-state index contributed by atoms with van der Waals surface area (Å²) in [5, 5.41) is 0. The Morgan fingerprint density at radius 2 is 1.61 bits per heavy atom. The van der Waals surface area contributed by atoms with E-state index < -0.39 is 12.0 Å². The van der Waals surface area contributed by atoms with E-state index >= 15 is 0 Å². The molecule has 122 valence electrons. The summed E-state index contributed by atoms with van der Waals surface area (Å²) >= 11 is 0. The molecule has 0 bridgehead atoms. The quantitative estimate of drug-likeness (QED) is 0.488. The lowest BCUT2D eigenvalue weighted by Gasteiger charge is -2.21. The Labute approximate surface area is 135 Å². The molecule has 3 rings (SSSR count). The molecule has 2 fully saturated rings. The smallest absolute Gasteiger partial charge is 0.334 e. The fourth-order valence-electron chi connectivity index (χ4n) is 3.48. The first-order valence-electron chi connectivity index (χ1n) is 8.14. The third kappa shape index (κ3) is 2.87. The van der Waals surface area contributed by atoms with Crippen molar-refractivity contribution in [3.63, 3.8) is 0 Å². The van der Waals surface area contributed by atoms with Crippen LogP contribution in [0, 0.1) is 18.8 Å². The normalized spacial score (nSPS) is 25.2. The van der Waals surface area contributed by atoms with Gasteiger partial charge in [-0.25, -0.2) is 4.79 Å². The predicted octanol–water partition coefficient (Wildman–Crippen LogP) is 2.46. The number of esters is 1. The fourth-order valence-corrected chi connectivity index (χ4v) is 3.48. The summed E-state index contributed by atoms with van der Waals surface area (Å²) in [5.41, 5.74) is 1.06. The van der Waals surface area contributed by atoms with Gasteiger partial charge in [0.05, 0.1) is 11.8 Å². The van der Waals surface area contributed by atoms with Crippen molar-refractivity contribution in [3.05, 3.63) is 29.8 Å². The summed E-state index contributed by atoms with van der Waals surface area (Å²) in [6.07, 6.45) is 3.42. The van der Waals surface area contributed by atoms with Gasteiger partial charge in [-0.05, 0) is 38.8 Å². The van der Waals surface area contributed by atoms with E-state index in [9.17, 15) is 14.4 Å². The van der Waals surface area contributed by atoms with Gasteiger partial charge in [-0.1, -0.05) is 30.5 Å². The van der Waals surface area contributed by atoms with E-state index in [0.29, 0.717) is 5.75 Å². The molecule has 2 amide bonds. The molecule has 1 saturated heterocycles. The monoisotopic (exact) mass is 315 g/mol. The summed E-state index contributed by atoms with van der Waals surface area (Å²) in [5.74, 6) is -1.07. The predicted molar refractivity (Wildman–Crippen MR) is 83.6 cm³/mol. The molecule has 1 aliphatic carbocycles. The van der Waals surface area contributed by atoms with Gasteiger partial charge in [0.1, 0.15) is 11.8 Å². The summed E-state index contributed by atoms with van der Waals surface area (Å²) < 4.78 is 5.31. The van der Waals surface area contributed by atoms with Gasteiger partial charge in [-0.3, -0.25) is 14.5 Å². The molecule has 0 aromatic heterocycles. The second-order valence-electron chi connectivity index (χ2n) is 6.45. The highest BCUT2D eigenvalue weighted by atomic mass is 16.5. The SMILES string of the molecule is Cc1ccc(OC(=O)C(C)N2C(=O)C3CCCCC3C2=O)cc1. The van der Waals surface area contributed by atoms with Crippen molar-refractivity contribution in [1.29, 1.82) is 0 Å². The number of hydrogen-bond donors (Lipinski definition) is 0. The lowest BCUT2D eigenvalue weighted by atomic mass is 9.81. The highest BCUT2D eigenvalue weighted by Crippen LogP contribution is 2.38. The first-order chi connectivity index (χ1) is 11.0. The average molecular weight is 315 g/mol. The molecular weight excluding hydrogens is 294 g/mol. The van der Waals surface area contributed by atoms with Crippen LogP contribution in [0.1, 0.15) is 38.2 Å². The number of benzene rings is 1. The highest BCUT2D eigenvalue weighted by Gasteiger charge is 2.51. The van der Waals surface area contributed by atoms with E-state index in [1.807, 2.05) is 19.1 Å². The molecule has 0 radical (unpaired) electrons. The largest absolute Gasteiger partial charge is 0.425 e. The maximum Gasteiger partial charge on any atom is 0.334 e. The second-order valence-corrected chi connectivity index (χ2v) is 6.45. The van der Waals surface area contributed by atoms with Crippen LogP contribution in [0.4, 0.5) is 0 Å².